The fourth-order valence-electron chi connectivity index (χ4n) is 3.58. The van der Waals surface area contributed by atoms with Crippen LogP contribution in [0, 0.1) is 0 Å². The van der Waals surface area contributed by atoms with Crippen LogP contribution in [-0.4, -0.2) is 19.0 Å². The van der Waals surface area contributed by atoms with E-state index in [2.05, 4.69) is 13.0 Å². The highest BCUT2D eigenvalue weighted by Gasteiger charge is 2.31. The second-order valence-electron chi connectivity index (χ2n) is 6.95. The first-order chi connectivity index (χ1) is 13.5. The number of para-hydroxylation sites is 1. The third-order valence-corrected chi connectivity index (χ3v) is 6.11. The lowest BCUT2D eigenvalue weighted by atomic mass is 10.1. The maximum absolute atomic E-state index is 13.3. The molecule has 5 heteroatoms. The maximum Gasteiger partial charge on any atom is 0.258 e. The van der Waals surface area contributed by atoms with Crippen molar-refractivity contribution in [2.24, 2.45) is 0 Å². The van der Waals surface area contributed by atoms with Crippen molar-refractivity contribution in [3.63, 3.8) is 0 Å². The van der Waals surface area contributed by atoms with Crippen LogP contribution in [0.5, 0.6) is 0 Å². The molecule has 0 bridgehead atoms. The van der Waals surface area contributed by atoms with Gasteiger partial charge in [-0.05, 0) is 73.3 Å². The van der Waals surface area contributed by atoms with Crippen molar-refractivity contribution >= 4 is 40.8 Å². The molecule has 1 amide bonds. The van der Waals surface area contributed by atoms with Gasteiger partial charge in [-0.3, -0.25) is 4.79 Å². The Balaban J connectivity index is 1.56. The second kappa shape index (κ2) is 7.90. The largest absolute Gasteiger partial charge is 0.315 e. The highest BCUT2D eigenvalue weighted by molar-refractivity contribution is 8.00. The lowest BCUT2D eigenvalue weighted by Gasteiger charge is -2.23. The smallest absolute Gasteiger partial charge is 0.258 e. The number of anilines is 2. The lowest BCUT2D eigenvalue weighted by Crippen LogP contribution is -2.35. The molecule has 142 valence electrons. The van der Waals surface area contributed by atoms with Gasteiger partial charge >= 0.3 is 0 Å². The van der Waals surface area contributed by atoms with E-state index in [1.54, 1.807) is 11.9 Å². The molecule has 0 aromatic heterocycles. The van der Waals surface area contributed by atoms with E-state index in [0.717, 1.165) is 22.7 Å². The van der Waals surface area contributed by atoms with Gasteiger partial charge < -0.3 is 9.21 Å². The van der Waals surface area contributed by atoms with Crippen molar-refractivity contribution in [1.82, 2.24) is 0 Å². The van der Waals surface area contributed by atoms with Crippen molar-refractivity contribution in [1.29, 1.82) is 0 Å². The molecule has 1 aliphatic heterocycles. The number of carbonyl (C=O) groups excluding carboxylic acids is 1. The molecule has 0 N–H and O–H groups in total. The first kappa shape index (κ1) is 18.9. The van der Waals surface area contributed by atoms with E-state index in [1.165, 1.54) is 5.56 Å². The minimum Gasteiger partial charge on any atom is -0.315 e. The average Bonchev–Trinajstić information content (AvgIpc) is 3.03. The first-order valence-corrected chi connectivity index (χ1v) is 10.4. The van der Waals surface area contributed by atoms with Gasteiger partial charge in [0.1, 0.15) is 0 Å². The van der Waals surface area contributed by atoms with Crippen molar-refractivity contribution in [3.05, 3.63) is 88.9 Å². The molecule has 28 heavy (non-hydrogen) atoms. The summed E-state index contributed by atoms with van der Waals surface area (Å²) in [6, 6.07) is 23.8. The molecular formula is C23H21ClN2OS. The molecule has 0 radical (unpaired) electrons. The van der Waals surface area contributed by atoms with Gasteiger partial charge in [-0.2, -0.15) is 0 Å². The van der Waals surface area contributed by atoms with Crippen molar-refractivity contribution in [2.45, 2.75) is 24.3 Å². The third-order valence-electron chi connectivity index (χ3n) is 4.92. The van der Waals surface area contributed by atoms with Crippen LogP contribution >= 0.6 is 23.5 Å². The zero-order valence-corrected chi connectivity index (χ0v) is 17.4. The fourth-order valence-corrected chi connectivity index (χ4v) is 4.62. The Labute approximate surface area is 175 Å². The average molecular weight is 409 g/mol. The SMILES string of the molecule is CC1Cc2ccccc2N1C(=O)c1cccc(SN(C)c2cccc(Cl)c2)c1. The van der Waals surface area contributed by atoms with Gasteiger partial charge in [-0.15, -0.1) is 0 Å². The van der Waals surface area contributed by atoms with Crippen LogP contribution in [0.25, 0.3) is 0 Å². The number of carbonyl (C=O) groups is 1. The third kappa shape index (κ3) is 3.75. The van der Waals surface area contributed by atoms with Crippen LogP contribution in [0.4, 0.5) is 11.4 Å². The number of rotatable bonds is 4. The van der Waals surface area contributed by atoms with Crippen molar-refractivity contribution in [3.8, 4) is 0 Å². The van der Waals surface area contributed by atoms with Gasteiger partial charge in [0.25, 0.3) is 5.91 Å². The van der Waals surface area contributed by atoms with Crippen molar-refractivity contribution < 1.29 is 4.79 Å². The molecule has 3 aromatic carbocycles. The second-order valence-corrected chi connectivity index (χ2v) is 8.59. The number of benzene rings is 3. The quantitative estimate of drug-likeness (QED) is 0.489. The minimum absolute atomic E-state index is 0.0466. The maximum atomic E-state index is 13.3. The topological polar surface area (TPSA) is 23.6 Å². The Morgan fingerprint density at radius 1 is 1.07 bits per heavy atom. The van der Waals surface area contributed by atoms with Crippen LogP contribution < -0.4 is 9.21 Å². The van der Waals surface area contributed by atoms with Gasteiger partial charge in [0.2, 0.25) is 0 Å². The van der Waals surface area contributed by atoms with Crippen molar-refractivity contribution in [2.75, 3.05) is 16.3 Å². The van der Waals surface area contributed by atoms with Crippen LogP contribution in [0.3, 0.4) is 0 Å². The minimum atomic E-state index is 0.0466. The lowest BCUT2D eigenvalue weighted by molar-refractivity contribution is 0.0981. The van der Waals surface area contributed by atoms with Gasteiger partial charge in [0, 0.05) is 39.9 Å². The molecule has 1 atom stereocenters. The Morgan fingerprint density at radius 2 is 1.86 bits per heavy atom. The molecule has 1 unspecified atom stereocenters. The van der Waals surface area contributed by atoms with E-state index in [4.69, 9.17) is 11.6 Å². The molecule has 1 aliphatic rings. The van der Waals surface area contributed by atoms with Crippen LogP contribution in [0.15, 0.2) is 77.7 Å². The van der Waals surface area contributed by atoms with E-state index in [1.807, 2.05) is 83.0 Å². The Hall–Kier alpha value is -2.43. The summed E-state index contributed by atoms with van der Waals surface area (Å²) in [5.41, 5.74) is 3.97. The summed E-state index contributed by atoms with van der Waals surface area (Å²) in [6.07, 6.45) is 0.897. The zero-order chi connectivity index (χ0) is 19.7. The number of halogens is 1. The molecule has 0 saturated carbocycles. The predicted molar refractivity (Wildman–Crippen MR) is 119 cm³/mol. The summed E-state index contributed by atoms with van der Waals surface area (Å²) in [5.74, 6) is 0.0466. The summed E-state index contributed by atoms with van der Waals surface area (Å²) in [5, 5.41) is 0.704. The first-order valence-electron chi connectivity index (χ1n) is 9.22. The molecule has 3 nitrogen and oxygen atoms in total. The Morgan fingerprint density at radius 3 is 2.68 bits per heavy atom. The summed E-state index contributed by atoms with van der Waals surface area (Å²) in [6.45, 7) is 2.10. The van der Waals surface area contributed by atoms with Gasteiger partial charge in [0.05, 0.1) is 0 Å². The predicted octanol–water partition coefficient (Wildman–Crippen LogP) is 6.07. The summed E-state index contributed by atoms with van der Waals surface area (Å²) < 4.78 is 2.04. The molecule has 3 aromatic rings. The van der Waals surface area contributed by atoms with E-state index in [0.29, 0.717) is 10.6 Å². The van der Waals surface area contributed by atoms with Gasteiger partial charge in [-0.1, -0.05) is 41.9 Å². The van der Waals surface area contributed by atoms with Crippen LogP contribution in [0.1, 0.15) is 22.8 Å². The normalized spacial score (nSPS) is 15.4. The van der Waals surface area contributed by atoms with E-state index < -0.39 is 0 Å². The zero-order valence-electron chi connectivity index (χ0n) is 15.8. The van der Waals surface area contributed by atoms with Gasteiger partial charge in [0.15, 0.2) is 0 Å². The van der Waals surface area contributed by atoms with E-state index >= 15 is 0 Å². The monoisotopic (exact) mass is 408 g/mol. The Bertz CT molecular complexity index is 1020. The van der Waals surface area contributed by atoms with E-state index in [-0.39, 0.29) is 11.9 Å². The highest BCUT2D eigenvalue weighted by atomic mass is 35.5. The molecule has 1 heterocycles. The summed E-state index contributed by atoms with van der Waals surface area (Å²) >= 11 is 7.67. The standard InChI is InChI=1S/C23H21ClN2OS/c1-16-13-17-7-3-4-12-22(17)26(16)23(27)18-8-5-11-21(14-18)28-25(2)20-10-6-9-19(24)15-20/h3-12,14-16H,13H2,1-2H3. The number of hydrogen-bond donors (Lipinski definition) is 0. The molecule has 0 fully saturated rings. The number of amides is 1. The molecule has 4 rings (SSSR count). The molecule has 0 saturated heterocycles. The van der Waals surface area contributed by atoms with Gasteiger partial charge in [-0.25, -0.2) is 0 Å². The fraction of sp³-hybridized carbons (Fsp3) is 0.174. The molecular weight excluding hydrogens is 388 g/mol. The van der Waals surface area contributed by atoms with Crippen LogP contribution in [0.2, 0.25) is 5.02 Å². The number of nitrogens with zero attached hydrogens (tertiary/aromatic N) is 2. The number of fused-ring (bicyclic) bond motifs is 1. The summed E-state index contributed by atoms with van der Waals surface area (Å²) in [7, 11) is 1.99. The summed E-state index contributed by atoms with van der Waals surface area (Å²) in [4.78, 5) is 16.2. The van der Waals surface area contributed by atoms with E-state index in [9.17, 15) is 4.79 Å². The van der Waals surface area contributed by atoms with Crippen LogP contribution in [-0.2, 0) is 6.42 Å². The Kier molecular flexibility index (Phi) is 5.33. The highest BCUT2D eigenvalue weighted by Crippen LogP contribution is 2.34. The molecule has 0 spiro atoms. The molecule has 0 aliphatic carbocycles. The number of hydrogen-bond acceptors (Lipinski definition) is 3.